The van der Waals surface area contributed by atoms with Crippen molar-refractivity contribution in [2.24, 2.45) is 0 Å². The van der Waals surface area contributed by atoms with Gasteiger partial charge in [-0.05, 0) is 24.7 Å². The smallest absolute Gasteiger partial charge is 0.187 e. The molecular weight excluding hydrogens is 414 g/mol. The van der Waals surface area contributed by atoms with Gasteiger partial charge in [0, 0.05) is 13.1 Å². The second-order valence-electron chi connectivity index (χ2n) is 7.53. The van der Waals surface area contributed by atoms with Crippen LogP contribution in [0, 0.1) is 0 Å². The summed E-state index contributed by atoms with van der Waals surface area (Å²) in [6.45, 7) is 2.79. The first-order valence-electron chi connectivity index (χ1n) is 10.1. The third-order valence-electron chi connectivity index (χ3n) is 5.24. The number of rotatable bonds is 5. The monoisotopic (exact) mass is 435 g/mol. The van der Waals surface area contributed by atoms with Crippen LogP contribution in [0.15, 0.2) is 60.7 Å². The first-order chi connectivity index (χ1) is 15.2. The molecule has 1 unspecified atom stereocenters. The molecule has 158 valence electrons. The zero-order valence-electron chi connectivity index (χ0n) is 17.1. The lowest BCUT2D eigenvalue weighted by Crippen LogP contribution is -2.35. The average molecular weight is 436 g/mol. The van der Waals surface area contributed by atoms with E-state index in [1.807, 2.05) is 60.7 Å². The van der Waals surface area contributed by atoms with Gasteiger partial charge in [-0.1, -0.05) is 65.3 Å². The summed E-state index contributed by atoms with van der Waals surface area (Å²) in [6, 6.07) is 19.8. The number of ether oxygens (including phenoxy) is 1. The topological polar surface area (TPSA) is 73.9 Å². The Morgan fingerprint density at radius 1 is 1.06 bits per heavy atom. The third kappa shape index (κ3) is 4.10. The van der Waals surface area contributed by atoms with Gasteiger partial charge in [-0.3, -0.25) is 0 Å². The maximum Gasteiger partial charge on any atom is 0.187 e. The predicted molar refractivity (Wildman–Crippen MR) is 117 cm³/mol. The number of likely N-dealkylation sites (N-methyl/N-ethyl adjacent to an activating group) is 1. The Labute approximate surface area is 185 Å². The van der Waals surface area contributed by atoms with E-state index >= 15 is 0 Å². The highest BCUT2D eigenvalue weighted by molar-refractivity contribution is 6.31. The second-order valence-corrected chi connectivity index (χ2v) is 7.89. The van der Waals surface area contributed by atoms with E-state index in [1.165, 1.54) is 0 Å². The molecule has 1 fully saturated rings. The molecule has 2 aromatic carbocycles. The van der Waals surface area contributed by atoms with Crippen molar-refractivity contribution in [3.05, 3.63) is 77.2 Å². The number of morpholine rings is 1. The van der Waals surface area contributed by atoms with Gasteiger partial charge < -0.3 is 9.64 Å². The fourth-order valence-corrected chi connectivity index (χ4v) is 3.81. The number of para-hydroxylation sites is 1. The van der Waals surface area contributed by atoms with Gasteiger partial charge in [0.2, 0.25) is 0 Å². The molecule has 0 amide bonds. The van der Waals surface area contributed by atoms with Crippen LogP contribution in [0.5, 0.6) is 0 Å². The van der Waals surface area contributed by atoms with Crippen molar-refractivity contribution in [2.45, 2.75) is 12.6 Å². The molecule has 3 heterocycles. The van der Waals surface area contributed by atoms with Crippen LogP contribution in [0.25, 0.3) is 17.2 Å². The van der Waals surface area contributed by atoms with Gasteiger partial charge in [-0.25, -0.2) is 14.3 Å². The molecule has 0 aliphatic carbocycles. The molecule has 0 spiro atoms. The standard InChI is InChI=1S/C22H22ClN7O/c1-28-12-13-31-18(15-28)21-24-22(30(26-21)17-10-6-3-7-11-17)19-20(23)29(27-25-19)14-16-8-4-2-5-9-16/h2-11,18H,12-15H2,1H3. The highest BCUT2D eigenvalue weighted by Gasteiger charge is 2.28. The molecule has 1 saturated heterocycles. The molecule has 1 aliphatic heterocycles. The van der Waals surface area contributed by atoms with E-state index in [0.717, 1.165) is 24.3 Å². The summed E-state index contributed by atoms with van der Waals surface area (Å²) < 4.78 is 9.36. The van der Waals surface area contributed by atoms with Crippen LogP contribution in [0.2, 0.25) is 5.15 Å². The van der Waals surface area contributed by atoms with E-state index in [0.29, 0.717) is 35.6 Å². The fraction of sp³-hybridized carbons (Fsp3) is 0.273. The zero-order chi connectivity index (χ0) is 21.2. The number of halogens is 1. The van der Waals surface area contributed by atoms with Crippen LogP contribution in [0.3, 0.4) is 0 Å². The second kappa shape index (κ2) is 8.58. The van der Waals surface area contributed by atoms with Crippen molar-refractivity contribution in [1.29, 1.82) is 0 Å². The maximum absolute atomic E-state index is 6.70. The zero-order valence-corrected chi connectivity index (χ0v) is 17.9. The quantitative estimate of drug-likeness (QED) is 0.479. The van der Waals surface area contributed by atoms with Crippen LogP contribution in [0.4, 0.5) is 0 Å². The lowest BCUT2D eigenvalue weighted by atomic mass is 10.2. The molecule has 0 bridgehead atoms. The maximum atomic E-state index is 6.70. The highest BCUT2D eigenvalue weighted by Crippen LogP contribution is 2.29. The number of hydrogen-bond donors (Lipinski definition) is 0. The Hall–Kier alpha value is -3.07. The Morgan fingerprint density at radius 2 is 1.81 bits per heavy atom. The fourth-order valence-electron chi connectivity index (χ4n) is 3.60. The van der Waals surface area contributed by atoms with E-state index in [1.54, 1.807) is 9.36 Å². The molecule has 9 heteroatoms. The van der Waals surface area contributed by atoms with Gasteiger partial charge in [0.05, 0.1) is 18.8 Å². The molecule has 1 atom stereocenters. The summed E-state index contributed by atoms with van der Waals surface area (Å²) in [5.41, 5.74) is 2.45. The van der Waals surface area contributed by atoms with Crippen LogP contribution >= 0.6 is 11.6 Å². The van der Waals surface area contributed by atoms with E-state index in [9.17, 15) is 0 Å². The van der Waals surface area contributed by atoms with Gasteiger partial charge >= 0.3 is 0 Å². The molecule has 1 aliphatic rings. The number of nitrogens with zero attached hydrogens (tertiary/aromatic N) is 7. The van der Waals surface area contributed by atoms with Gasteiger partial charge in [0.15, 0.2) is 22.5 Å². The van der Waals surface area contributed by atoms with Gasteiger partial charge in [-0.2, -0.15) is 0 Å². The summed E-state index contributed by atoms with van der Waals surface area (Å²) in [6.07, 6.45) is -0.208. The van der Waals surface area contributed by atoms with Crippen LogP contribution in [0.1, 0.15) is 17.5 Å². The summed E-state index contributed by atoms with van der Waals surface area (Å²) >= 11 is 6.70. The molecule has 0 radical (unpaired) electrons. The largest absolute Gasteiger partial charge is 0.367 e. The molecule has 4 aromatic rings. The summed E-state index contributed by atoms with van der Waals surface area (Å²) in [5.74, 6) is 1.15. The molecule has 0 N–H and O–H groups in total. The highest BCUT2D eigenvalue weighted by atomic mass is 35.5. The van der Waals surface area contributed by atoms with Gasteiger partial charge in [0.1, 0.15) is 6.10 Å². The number of aromatic nitrogens is 6. The first kappa shape index (κ1) is 19.9. The SMILES string of the molecule is CN1CCOC(c2nc(-c3nnn(Cc4ccccc4)c3Cl)n(-c3ccccc3)n2)C1. The predicted octanol–water partition coefficient (Wildman–Crippen LogP) is 3.23. The summed E-state index contributed by atoms with van der Waals surface area (Å²) in [5, 5.41) is 13.8. The Morgan fingerprint density at radius 3 is 2.55 bits per heavy atom. The molecule has 31 heavy (non-hydrogen) atoms. The lowest BCUT2D eigenvalue weighted by molar-refractivity contribution is -0.0254. The van der Waals surface area contributed by atoms with E-state index in [-0.39, 0.29) is 6.10 Å². The molecule has 8 nitrogen and oxygen atoms in total. The van der Waals surface area contributed by atoms with Crippen molar-refractivity contribution in [1.82, 2.24) is 34.7 Å². The minimum atomic E-state index is -0.208. The van der Waals surface area contributed by atoms with Crippen LogP contribution in [-0.2, 0) is 11.3 Å². The van der Waals surface area contributed by atoms with E-state index in [2.05, 4.69) is 22.3 Å². The first-order valence-corrected chi connectivity index (χ1v) is 10.5. The minimum absolute atomic E-state index is 0.208. The van der Waals surface area contributed by atoms with Gasteiger partial charge in [0.25, 0.3) is 0 Å². The van der Waals surface area contributed by atoms with Crippen molar-refractivity contribution in [3.8, 4) is 17.2 Å². The third-order valence-corrected chi connectivity index (χ3v) is 5.62. The Balaban J connectivity index is 1.55. The average Bonchev–Trinajstić information content (AvgIpc) is 3.39. The number of benzene rings is 2. The summed E-state index contributed by atoms with van der Waals surface area (Å²) in [4.78, 5) is 7.00. The molecular formula is C22H22ClN7O. The van der Waals surface area contributed by atoms with Gasteiger partial charge in [-0.15, -0.1) is 10.2 Å². The summed E-state index contributed by atoms with van der Waals surface area (Å²) in [7, 11) is 2.07. The normalized spacial score (nSPS) is 17.2. The molecule has 2 aromatic heterocycles. The van der Waals surface area contributed by atoms with Crippen molar-refractivity contribution < 1.29 is 4.74 Å². The van der Waals surface area contributed by atoms with Crippen molar-refractivity contribution >= 4 is 11.6 Å². The minimum Gasteiger partial charge on any atom is -0.367 e. The van der Waals surface area contributed by atoms with Crippen molar-refractivity contribution in [2.75, 3.05) is 26.7 Å². The molecule has 0 saturated carbocycles. The Kier molecular flexibility index (Phi) is 5.50. The van der Waals surface area contributed by atoms with E-state index in [4.69, 9.17) is 26.4 Å². The van der Waals surface area contributed by atoms with E-state index < -0.39 is 0 Å². The van der Waals surface area contributed by atoms with Crippen LogP contribution < -0.4 is 0 Å². The molecule has 5 rings (SSSR count). The Bertz CT molecular complexity index is 1160. The number of hydrogen-bond acceptors (Lipinski definition) is 6. The lowest BCUT2D eigenvalue weighted by Gasteiger charge is -2.28. The van der Waals surface area contributed by atoms with Crippen molar-refractivity contribution in [3.63, 3.8) is 0 Å². The van der Waals surface area contributed by atoms with Crippen LogP contribution in [-0.4, -0.2) is 61.4 Å².